The smallest absolute Gasteiger partial charge is 0.288 e. The molecule has 0 radical (unpaired) electrons. The number of nitro benzene ring substituents is 1. The summed E-state index contributed by atoms with van der Waals surface area (Å²) in [4.78, 5) is 41.7. The molecule has 1 N–H and O–H groups in total. The molecule has 1 aliphatic carbocycles. The summed E-state index contributed by atoms with van der Waals surface area (Å²) in [5, 5.41) is 15.3. The zero-order valence-corrected chi connectivity index (χ0v) is 17.2. The van der Waals surface area contributed by atoms with Crippen LogP contribution >= 0.6 is 22.9 Å². The van der Waals surface area contributed by atoms with Gasteiger partial charge in [-0.05, 0) is 37.3 Å². The Labute approximate surface area is 179 Å². The van der Waals surface area contributed by atoms with Gasteiger partial charge in [-0.2, -0.15) is 5.10 Å². The van der Waals surface area contributed by atoms with Crippen molar-refractivity contribution in [1.82, 2.24) is 15.0 Å². The van der Waals surface area contributed by atoms with Crippen molar-refractivity contribution in [3.05, 3.63) is 66.0 Å². The van der Waals surface area contributed by atoms with Crippen LogP contribution in [0.15, 0.2) is 34.4 Å². The van der Waals surface area contributed by atoms with E-state index in [9.17, 15) is 19.7 Å². The molecule has 0 spiro atoms. The molecule has 0 bridgehead atoms. The van der Waals surface area contributed by atoms with Crippen LogP contribution in [-0.4, -0.2) is 26.6 Å². The number of halogens is 1. The van der Waals surface area contributed by atoms with Gasteiger partial charge in [-0.15, -0.1) is 11.3 Å². The van der Waals surface area contributed by atoms with E-state index in [1.54, 1.807) is 11.3 Å². The molecule has 11 heteroatoms. The molecule has 0 saturated carbocycles. The van der Waals surface area contributed by atoms with E-state index in [1.165, 1.54) is 40.2 Å². The van der Waals surface area contributed by atoms with Gasteiger partial charge < -0.3 is 0 Å². The molecule has 1 aliphatic rings. The Balaban J connectivity index is 1.48. The number of hydrazone groups is 1. The number of fused-ring (bicyclic) bond motifs is 3. The molecule has 4 rings (SSSR count). The maximum absolute atomic E-state index is 12.9. The number of aryl methyl sites for hydroxylation is 2. The third-order valence-electron chi connectivity index (χ3n) is 4.83. The lowest BCUT2D eigenvalue weighted by Gasteiger charge is -2.10. The van der Waals surface area contributed by atoms with Crippen LogP contribution in [0.4, 0.5) is 5.69 Å². The molecule has 0 fully saturated rings. The molecule has 0 saturated heterocycles. The highest BCUT2D eigenvalue weighted by atomic mass is 35.5. The summed E-state index contributed by atoms with van der Waals surface area (Å²) >= 11 is 7.32. The van der Waals surface area contributed by atoms with Crippen molar-refractivity contribution in [2.45, 2.75) is 32.2 Å². The van der Waals surface area contributed by atoms with Crippen LogP contribution in [0.25, 0.3) is 10.2 Å². The third kappa shape index (κ3) is 3.96. The quantitative estimate of drug-likeness (QED) is 0.367. The number of nitrogens with one attached hydrogen (secondary N) is 1. The molecule has 0 aliphatic heterocycles. The number of nitro groups is 1. The average Bonchev–Trinajstić information content (AvgIpc) is 3.10. The highest BCUT2D eigenvalue weighted by molar-refractivity contribution is 7.18. The lowest BCUT2D eigenvalue weighted by atomic mass is 9.97. The summed E-state index contributed by atoms with van der Waals surface area (Å²) < 4.78 is 1.27. The minimum absolute atomic E-state index is 0.0130. The summed E-state index contributed by atoms with van der Waals surface area (Å²) in [5.41, 5.74) is 3.30. The highest BCUT2D eigenvalue weighted by Crippen LogP contribution is 2.33. The van der Waals surface area contributed by atoms with E-state index in [0.717, 1.165) is 31.2 Å². The highest BCUT2D eigenvalue weighted by Gasteiger charge is 2.20. The second kappa shape index (κ2) is 8.33. The van der Waals surface area contributed by atoms with Gasteiger partial charge in [0.1, 0.15) is 16.4 Å². The summed E-state index contributed by atoms with van der Waals surface area (Å²) in [7, 11) is 0. The lowest BCUT2D eigenvalue weighted by Crippen LogP contribution is -2.30. The SMILES string of the molecule is O=C(Cn1cnc2sc3c(c2c1=O)CCCC3)N/N=C/c1ccc(Cl)c([N+](=O)[O-])c1. The number of benzene rings is 1. The molecule has 2 heterocycles. The minimum atomic E-state index is -0.600. The predicted octanol–water partition coefficient (Wildman–Crippen LogP) is 3.05. The zero-order chi connectivity index (χ0) is 21.3. The maximum atomic E-state index is 12.9. The predicted molar refractivity (Wildman–Crippen MR) is 114 cm³/mol. The van der Waals surface area contributed by atoms with Crippen molar-refractivity contribution in [3.8, 4) is 0 Å². The molecular weight excluding hydrogens is 430 g/mol. The first-order chi connectivity index (χ1) is 14.4. The van der Waals surface area contributed by atoms with Gasteiger partial charge in [-0.25, -0.2) is 10.4 Å². The molecule has 3 aromatic rings. The summed E-state index contributed by atoms with van der Waals surface area (Å²) in [5.74, 6) is -0.512. The number of hydrogen-bond acceptors (Lipinski definition) is 7. The molecule has 1 amide bonds. The number of carbonyl (C=O) groups is 1. The number of aromatic nitrogens is 2. The van der Waals surface area contributed by atoms with Crippen molar-refractivity contribution in [2.24, 2.45) is 5.10 Å². The first-order valence-corrected chi connectivity index (χ1v) is 10.4. The Morgan fingerprint density at radius 2 is 2.20 bits per heavy atom. The molecule has 0 unspecified atom stereocenters. The number of hydrogen-bond donors (Lipinski definition) is 1. The first kappa shape index (κ1) is 20.2. The second-order valence-electron chi connectivity index (χ2n) is 6.83. The van der Waals surface area contributed by atoms with E-state index in [0.29, 0.717) is 15.8 Å². The summed E-state index contributed by atoms with van der Waals surface area (Å²) in [6, 6.07) is 4.16. The van der Waals surface area contributed by atoms with Crippen molar-refractivity contribution >= 4 is 51.0 Å². The maximum Gasteiger partial charge on any atom is 0.288 e. The van der Waals surface area contributed by atoms with Crippen molar-refractivity contribution in [2.75, 3.05) is 0 Å². The molecule has 0 atom stereocenters. The van der Waals surface area contributed by atoms with Crippen LogP contribution in [0.5, 0.6) is 0 Å². The fourth-order valence-corrected chi connectivity index (χ4v) is 4.82. The van der Waals surface area contributed by atoms with E-state index in [4.69, 9.17) is 11.6 Å². The van der Waals surface area contributed by atoms with Crippen LogP contribution in [0.1, 0.15) is 28.8 Å². The molecular formula is C19H16ClN5O4S. The molecule has 2 aromatic heterocycles. The Kier molecular flexibility index (Phi) is 5.60. The van der Waals surface area contributed by atoms with Crippen LogP contribution in [0.2, 0.25) is 5.02 Å². The minimum Gasteiger partial charge on any atom is -0.289 e. The van der Waals surface area contributed by atoms with E-state index in [1.807, 2.05) is 0 Å². The number of carbonyl (C=O) groups excluding carboxylic acids is 1. The summed E-state index contributed by atoms with van der Waals surface area (Å²) in [6.07, 6.45) is 6.63. The van der Waals surface area contributed by atoms with Crippen molar-refractivity contribution in [1.29, 1.82) is 0 Å². The fourth-order valence-electron chi connectivity index (χ4n) is 3.41. The van der Waals surface area contributed by atoms with Crippen molar-refractivity contribution in [3.63, 3.8) is 0 Å². The number of rotatable bonds is 5. The van der Waals surface area contributed by atoms with Gasteiger partial charge >= 0.3 is 0 Å². The van der Waals surface area contributed by atoms with Crippen LogP contribution in [0, 0.1) is 10.1 Å². The normalized spacial score (nSPS) is 13.5. The van der Waals surface area contributed by atoms with Crippen LogP contribution < -0.4 is 11.0 Å². The molecule has 1 aromatic carbocycles. The largest absolute Gasteiger partial charge is 0.289 e. The van der Waals surface area contributed by atoms with Crippen molar-refractivity contribution < 1.29 is 9.72 Å². The topological polar surface area (TPSA) is 119 Å². The molecule has 30 heavy (non-hydrogen) atoms. The van der Waals surface area contributed by atoms with Gasteiger partial charge in [0.15, 0.2) is 0 Å². The number of amides is 1. The monoisotopic (exact) mass is 445 g/mol. The average molecular weight is 446 g/mol. The van der Waals surface area contributed by atoms with Gasteiger partial charge in [0.25, 0.3) is 17.2 Å². The Morgan fingerprint density at radius 1 is 1.40 bits per heavy atom. The Bertz CT molecular complexity index is 1250. The van der Waals surface area contributed by atoms with Gasteiger partial charge in [0.2, 0.25) is 0 Å². The van der Waals surface area contributed by atoms with E-state index >= 15 is 0 Å². The van der Waals surface area contributed by atoms with E-state index < -0.39 is 10.8 Å². The molecule has 154 valence electrons. The van der Waals surface area contributed by atoms with Gasteiger partial charge in [0.05, 0.1) is 22.9 Å². The lowest BCUT2D eigenvalue weighted by molar-refractivity contribution is -0.384. The zero-order valence-electron chi connectivity index (χ0n) is 15.6. The van der Waals surface area contributed by atoms with Gasteiger partial charge in [-0.1, -0.05) is 17.7 Å². The van der Waals surface area contributed by atoms with Crippen LogP contribution in [-0.2, 0) is 24.2 Å². The second-order valence-corrected chi connectivity index (χ2v) is 8.32. The number of nitrogens with zero attached hydrogens (tertiary/aromatic N) is 4. The third-order valence-corrected chi connectivity index (χ3v) is 6.34. The fraction of sp³-hybridized carbons (Fsp3) is 0.263. The molecule has 9 nitrogen and oxygen atoms in total. The van der Waals surface area contributed by atoms with Gasteiger partial charge in [-0.3, -0.25) is 24.3 Å². The Hall–Kier alpha value is -3.11. The summed E-state index contributed by atoms with van der Waals surface area (Å²) in [6.45, 7) is -0.232. The van der Waals surface area contributed by atoms with Gasteiger partial charge in [0, 0.05) is 16.5 Å². The van der Waals surface area contributed by atoms with Crippen LogP contribution in [0.3, 0.4) is 0 Å². The van der Waals surface area contributed by atoms with E-state index in [2.05, 4.69) is 15.5 Å². The Morgan fingerprint density at radius 3 is 3.00 bits per heavy atom. The number of thiophene rings is 1. The van der Waals surface area contributed by atoms with E-state index in [-0.39, 0.29) is 22.8 Å². The first-order valence-electron chi connectivity index (χ1n) is 9.19. The standard InChI is InChI=1S/C19H16ClN5O4S/c20-13-6-5-11(7-14(13)25(28)29)8-22-23-16(26)9-24-10-21-18-17(19(24)27)12-3-1-2-4-15(12)30-18/h5-8,10H,1-4,9H2,(H,23,26)/b22-8+.